The van der Waals surface area contributed by atoms with Gasteiger partial charge in [-0.15, -0.1) is 0 Å². The first-order valence-electron chi connectivity index (χ1n) is 9.49. The number of halogens is 1. The molecule has 3 rings (SSSR count). The second-order valence-corrected chi connectivity index (χ2v) is 7.60. The van der Waals surface area contributed by atoms with E-state index in [-0.39, 0.29) is 29.7 Å². The minimum atomic E-state index is -0.396. The van der Waals surface area contributed by atoms with Gasteiger partial charge in [-0.05, 0) is 37.3 Å². The molecule has 0 bridgehead atoms. The fourth-order valence-corrected chi connectivity index (χ4v) is 3.89. The first-order valence-corrected chi connectivity index (χ1v) is 9.87. The first-order chi connectivity index (χ1) is 13.4. The maximum absolute atomic E-state index is 13.0. The smallest absolute Gasteiger partial charge is 0.286 e. The van der Waals surface area contributed by atoms with Crippen LogP contribution in [0.15, 0.2) is 34.7 Å². The quantitative estimate of drug-likeness (QED) is 0.711. The van der Waals surface area contributed by atoms with Crippen molar-refractivity contribution >= 4 is 23.4 Å². The number of benzene rings is 1. The van der Waals surface area contributed by atoms with E-state index in [0.717, 1.165) is 18.4 Å². The van der Waals surface area contributed by atoms with Gasteiger partial charge in [-0.2, -0.15) is 0 Å². The molecule has 1 aromatic carbocycles. The molecule has 150 valence electrons. The number of hydrogen-bond donors (Lipinski definition) is 3. The Morgan fingerprint density at radius 1 is 1.18 bits per heavy atom. The largest absolute Gasteiger partial charge is 0.454 e. The van der Waals surface area contributed by atoms with E-state index >= 15 is 0 Å². The molecule has 0 aliphatic heterocycles. The van der Waals surface area contributed by atoms with E-state index in [2.05, 4.69) is 10.6 Å². The Morgan fingerprint density at radius 3 is 2.50 bits per heavy atom. The summed E-state index contributed by atoms with van der Waals surface area (Å²) in [5.41, 5.74) is 1.15. The van der Waals surface area contributed by atoms with E-state index in [9.17, 15) is 14.7 Å². The highest BCUT2D eigenvalue weighted by molar-refractivity contribution is 6.31. The maximum Gasteiger partial charge on any atom is 0.286 e. The van der Waals surface area contributed by atoms with Gasteiger partial charge >= 0.3 is 0 Å². The summed E-state index contributed by atoms with van der Waals surface area (Å²) in [5.74, 6) is -0.497. The van der Waals surface area contributed by atoms with Crippen molar-refractivity contribution in [3.8, 4) is 0 Å². The van der Waals surface area contributed by atoms with Crippen LogP contribution in [-0.4, -0.2) is 36.1 Å². The van der Waals surface area contributed by atoms with Crippen molar-refractivity contribution < 1.29 is 19.1 Å². The molecular formula is C21H25ClN2O4. The SMILES string of the molecule is CNC(=O)c1cc(C(=O)NC2CCC(O)CC2)c(C(C)c2ccccc2Cl)o1. The second-order valence-electron chi connectivity index (χ2n) is 7.19. The highest BCUT2D eigenvalue weighted by Crippen LogP contribution is 2.33. The Morgan fingerprint density at radius 2 is 1.86 bits per heavy atom. The van der Waals surface area contributed by atoms with E-state index in [4.69, 9.17) is 16.0 Å². The van der Waals surface area contributed by atoms with E-state index in [1.54, 1.807) is 6.07 Å². The molecule has 3 N–H and O–H groups in total. The zero-order valence-corrected chi connectivity index (χ0v) is 16.8. The standard InChI is InChI=1S/C21H25ClN2O4/c1-12(15-5-3-4-6-17(15)22)19-16(11-18(28-19)21(27)23-2)20(26)24-13-7-9-14(25)10-8-13/h3-6,11-14,25H,7-10H2,1-2H3,(H,23,27)(H,24,26). The average Bonchev–Trinajstić information content (AvgIpc) is 3.14. The molecule has 1 aromatic heterocycles. The maximum atomic E-state index is 13.0. The molecule has 1 fully saturated rings. The monoisotopic (exact) mass is 404 g/mol. The lowest BCUT2D eigenvalue weighted by atomic mass is 9.92. The van der Waals surface area contributed by atoms with Crippen LogP contribution in [-0.2, 0) is 0 Å². The normalized spacial score (nSPS) is 20.4. The number of carbonyl (C=O) groups excluding carboxylic acids is 2. The molecule has 1 heterocycles. The minimum absolute atomic E-state index is 0.00211. The molecule has 2 aromatic rings. The Labute approximate surface area is 169 Å². The topological polar surface area (TPSA) is 91.6 Å². The van der Waals surface area contributed by atoms with Gasteiger partial charge in [-0.3, -0.25) is 9.59 Å². The average molecular weight is 405 g/mol. The van der Waals surface area contributed by atoms with Gasteiger partial charge in [-0.1, -0.05) is 36.7 Å². The summed E-state index contributed by atoms with van der Waals surface area (Å²) in [6.45, 7) is 1.89. The van der Waals surface area contributed by atoms with Gasteiger partial charge in [0.15, 0.2) is 5.76 Å². The van der Waals surface area contributed by atoms with E-state index < -0.39 is 5.91 Å². The fourth-order valence-electron chi connectivity index (χ4n) is 3.59. The summed E-state index contributed by atoms with van der Waals surface area (Å²) in [5, 5.41) is 15.8. The van der Waals surface area contributed by atoms with Crippen LogP contribution in [0.3, 0.4) is 0 Å². The summed E-state index contributed by atoms with van der Waals surface area (Å²) in [6.07, 6.45) is 2.49. The molecule has 28 heavy (non-hydrogen) atoms. The summed E-state index contributed by atoms with van der Waals surface area (Å²) in [7, 11) is 1.51. The van der Waals surface area contributed by atoms with Crippen LogP contribution in [0.1, 0.15) is 70.8 Å². The third-order valence-corrected chi connectivity index (χ3v) is 5.60. The molecule has 1 unspecified atom stereocenters. The molecule has 0 saturated heterocycles. The molecule has 1 aliphatic rings. The zero-order chi connectivity index (χ0) is 20.3. The van der Waals surface area contributed by atoms with Crippen LogP contribution in [0.5, 0.6) is 0 Å². The second kappa shape index (κ2) is 8.80. The van der Waals surface area contributed by atoms with Gasteiger partial charge < -0.3 is 20.2 Å². The Bertz CT molecular complexity index is 856. The summed E-state index contributed by atoms with van der Waals surface area (Å²) in [4.78, 5) is 25.0. The van der Waals surface area contributed by atoms with Gasteiger partial charge in [0.05, 0.1) is 11.7 Å². The van der Waals surface area contributed by atoms with E-state index in [1.165, 1.54) is 13.1 Å². The Hall–Kier alpha value is -2.31. The Balaban J connectivity index is 1.90. The first kappa shape index (κ1) is 20.4. The minimum Gasteiger partial charge on any atom is -0.454 e. The lowest BCUT2D eigenvalue weighted by molar-refractivity contribution is 0.0864. The van der Waals surface area contributed by atoms with Crippen LogP contribution in [0.4, 0.5) is 0 Å². The molecule has 2 amide bonds. The van der Waals surface area contributed by atoms with Crippen LogP contribution < -0.4 is 10.6 Å². The van der Waals surface area contributed by atoms with Crippen molar-refractivity contribution in [2.24, 2.45) is 0 Å². The van der Waals surface area contributed by atoms with Gasteiger partial charge in [0.1, 0.15) is 5.76 Å². The summed E-state index contributed by atoms with van der Waals surface area (Å²) < 4.78 is 5.79. The Kier molecular flexibility index (Phi) is 6.42. The number of hydrogen-bond acceptors (Lipinski definition) is 4. The number of furan rings is 1. The van der Waals surface area contributed by atoms with Gasteiger partial charge in [0.25, 0.3) is 11.8 Å². The number of carbonyl (C=O) groups is 2. The van der Waals surface area contributed by atoms with Gasteiger partial charge in [0, 0.05) is 30.1 Å². The van der Waals surface area contributed by atoms with Crippen LogP contribution in [0.25, 0.3) is 0 Å². The molecule has 6 nitrogen and oxygen atoms in total. The highest BCUT2D eigenvalue weighted by atomic mass is 35.5. The predicted octanol–water partition coefficient (Wildman–Crippen LogP) is 3.48. The molecule has 1 saturated carbocycles. The fraction of sp³-hybridized carbons (Fsp3) is 0.429. The highest BCUT2D eigenvalue weighted by Gasteiger charge is 2.28. The van der Waals surface area contributed by atoms with Crippen molar-refractivity contribution in [3.05, 3.63) is 58.0 Å². The van der Waals surface area contributed by atoms with Crippen molar-refractivity contribution in [2.45, 2.75) is 50.7 Å². The lowest BCUT2D eigenvalue weighted by Crippen LogP contribution is -2.38. The van der Waals surface area contributed by atoms with Crippen LogP contribution in [0, 0.1) is 0 Å². The summed E-state index contributed by atoms with van der Waals surface area (Å²) in [6, 6.07) is 8.84. The van der Waals surface area contributed by atoms with E-state index in [1.807, 2.05) is 25.1 Å². The third kappa shape index (κ3) is 4.39. The molecule has 0 spiro atoms. The van der Waals surface area contributed by atoms with E-state index in [0.29, 0.717) is 29.2 Å². The zero-order valence-electron chi connectivity index (χ0n) is 16.0. The van der Waals surface area contributed by atoms with Crippen molar-refractivity contribution in [2.75, 3.05) is 7.05 Å². The number of aliphatic hydroxyl groups is 1. The number of nitrogens with one attached hydrogen (secondary N) is 2. The molecule has 7 heteroatoms. The molecular weight excluding hydrogens is 380 g/mol. The van der Waals surface area contributed by atoms with Gasteiger partial charge in [-0.25, -0.2) is 0 Å². The molecule has 1 atom stereocenters. The number of rotatable bonds is 5. The lowest BCUT2D eigenvalue weighted by Gasteiger charge is -2.26. The third-order valence-electron chi connectivity index (χ3n) is 5.25. The molecule has 1 aliphatic carbocycles. The van der Waals surface area contributed by atoms with Crippen LogP contribution >= 0.6 is 11.6 Å². The predicted molar refractivity (Wildman–Crippen MR) is 107 cm³/mol. The van der Waals surface area contributed by atoms with Crippen LogP contribution in [0.2, 0.25) is 5.02 Å². The van der Waals surface area contributed by atoms with Crippen molar-refractivity contribution in [1.29, 1.82) is 0 Å². The number of amides is 2. The summed E-state index contributed by atoms with van der Waals surface area (Å²) >= 11 is 6.32. The van der Waals surface area contributed by atoms with Crippen molar-refractivity contribution in [3.63, 3.8) is 0 Å². The van der Waals surface area contributed by atoms with Gasteiger partial charge in [0.2, 0.25) is 0 Å². The number of aliphatic hydroxyl groups excluding tert-OH is 1. The molecule has 0 radical (unpaired) electrons. The van der Waals surface area contributed by atoms with Crippen molar-refractivity contribution in [1.82, 2.24) is 10.6 Å².